The molecule has 0 unspecified atom stereocenters. The molecule has 8 nitrogen and oxygen atoms in total. The Hall–Kier alpha value is -1.60. The minimum absolute atomic E-state index is 0.0162. The average molecular weight is 537 g/mol. The van der Waals surface area contributed by atoms with Crippen molar-refractivity contribution < 1.29 is 31.1 Å². The summed E-state index contributed by atoms with van der Waals surface area (Å²) in [6.45, 7) is 2.78. The highest BCUT2D eigenvalue weighted by Crippen LogP contribution is 2.24. The Bertz CT molecular complexity index is 1160. The van der Waals surface area contributed by atoms with Crippen LogP contribution in [0.4, 0.5) is 4.39 Å². The minimum atomic E-state index is -4.01. The molecule has 12 heteroatoms. The number of hydrogen-bond acceptors (Lipinski definition) is 6. The molecule has 0 aromatic heterocycles. The van der Waals surface area contributed by atoms with Crippen LogP contribution in [-0.4, -0.2) is 76.6 Å². The van der Waals surface area contributed by atoms with Gasteiger partial charge in [-0.3, -0.25) is 0 Å². The molecule has 0 aliphatic carbocycles. The van der Waals surface area contributed by atoms with Crippen LogP contribution < -0.4 is 0 Å². The third-order valence-electron chi connectivity index (χ3n) is 5.52. The Morgan fingerprint density at radius 3 is 2.15 bits per heavy atom. The van der Waals surface area contributed by atoms with Gasteiger partial charge in [-0.2, -0.15) is 8.61 Å². The highest BCUT2D eigenvalue weighted by Gasteiger charge is 2.34. The normalized spacial score (nSPS) is 15.4. The molecule has 2 aromatic rings. The molecular formula is C22H30ClFN2O6S2. The second-order valence-electron chi connectivity index (χ2n) is 8.05. The zero-order valence-electron chi connectivity index (χ0n) is 19.4. The van der Waals surface area contributed by atoms with Crippen LogP contribution in [-0.2, 0) is 24.8 Å². The molecule has 0 aliphatic rings. The van der Waals surface area contributed by atoms with Crippen LogP contribution in [0.5, 0.6) is 0 Å². The predicted molar refractivity (Wildman–Crippen MR) is 128 cm³/mol. The smallest absolute Gasteiger partial charge is 0.243 e. The lowest BCUT2D eigenvalue weighted by Crippen LogP contribution is -2.47. The molecule has 0 saturated heterocycles. The van der Waals surface area contributed by atoms with Crippen molar-refractivity contribution in [1.29, 1.82) is 0 Å². The molecule has 0 spiro atoms. The van der Waals surface area contributed by atoms with E-state index < -0.39 is 50.5 Å². The summed E-state index contributed by atoms with van der Waals surface area (Å²) in [5.41, 5.74) is 0. The first-order chi connectivity index (χ1) is 15.8. The van der Waals surface area contributed by atoms with Crippen molar-refractivity contribution in [2.24, 2.45) is 5.92 Å². The lowest BCUT2D eigenvalue weighted by molar-refractivity contribution is 0.0360. The van der Waals surface area contributed by atoms with E-state index in [2.05, 4.69) is 0 Å². The molecule has 34 heavy (non-hydrogen) atoms. The van der Waals surface area contributed by atoms with Crippen LogP contribution >= 0.6 is 11.6 Å². The van der Waals surface area contributed by atoms with E-state index in [1.807, 2.05) is 0 Å². The molecule has 3 atom stereocenters. The van der Waals surface area contributed by atoms with Crippen molar-refractivity contribution in [2.45, 2.75) is 35.8 Å². The fourth-order valence-electron chi connectivity index (χ4n) is 3.40. The molecule has 0 heterocycles. The maximum Gasteiger partial charge on any atom is 0.243 e. The second-order valence-corrected chi connectivity index (χ2v) is 12.4. The molecular weight excluding hydrogens is 507 g/mol. The summed E-state index contributed by atoms with van der Waals surface area (Å²) in [7, 11) is -5.15. The third-order valence-corrected chi connectivity index (χ3v) is 9.57. The summed E-state index contributed by atoms with van der Waals surface area (Å²) in [6, 6.07) is 9.55. The quantitative estimate of drug-likeness (QED) is 0.447. The third kappa shape index (κ3) is 6.75. The summed E-state index contributed by atoms with van der Waals surface area (Å²) in [5.74, 6) is -1.01. The van der Waals surface area contributed by atoms with Gasteiger partial charge in [0, 0.05) is 38.3 Å². The van der Waals surface area contributed by atoms with Gasteiger partial charge in [-0.05, 0) is 55.3 Å². The minimum Gasteiger partial charge on any atom is -0.395 e. The summed E-state index contributed by atoms with van der Waals surface area (Å²) in [5, 5.41) is 9.96. The van der Waals surface area contributed by atoms with Crippen molar-refractivity contribution >= 4 is 31.6 Å². The van der Waals surface area contributed by atoms with Crippen LogP contribution in [0.1, 0.15) is 13.8 Å². The van der Waals surface area contributed by atoms with Gasteiger partial charge in [0.25, 0.3) is 0 Å². The number of rotatable bonds is 12. The van der Waals surface area contributed by atoms with Gasteiger partial charge in [-0.15, -0.1) is 0 Å². The van der Waals surface area contributed by atoms with E-state index in [1.165, 1.54) is 44.5 Å². The Kier molecular flexibility index (Phi) is 10.0. The number of nitrogens with zero attached hydrogens (tertiary/aromatic N) is 2. The second kappa shape index (κ2) is 11.9. The monoisotopic (exact) mass is 536 g/mol. The highest BCUT2D eigenvalue weighted by molar-refractivity contribution is 7.89. The van der Waals surface area contributed by atoms with Gasteiger partial charge in [-0.1, -0.05) is 24.6 Å². The van der Waals surface area contributed by atoms with Crippen molar-refractivity contribution in [3.05, 3.63) is 59.4 Å². The molecule has 0 aliphatic heterocycles. The SMILES string of the molecule is CO[C@H](CN(C)S(=O)(=O)c1ccc(F)cc1)[C@H](C)CN([C@@H](C)CO)S(=O)(=O)c1cccc(Cl)c1. The van der Waals surface area contributed by atoms with Gasteiger partial charge < -0.3 is 9.84 Å². The van der Waals surface area contributed by atoms with Crippen molar-refractivity contribution in [1.82, 2.24) is 8.61 Å². The molecule has 0 saturated carbocycles. The first-order valence-electron chi connectivity index (χ1n) is 10.5. The number of halogens is 2. The number of sulfonamides is 2. The lowest BCUT2D eigenvalue weighted by Gasteiger charge is -2.33. The van der Waals surface area contributed by atoms with E-state index in [-0.39, 0.29) is 27.9 Å². The van der Waals surface area contributed by atoms with E-state index in [0.717, 1.165) is 20.7 Å². The molecule has 0 amide bonds. The summed E-state index contributed by atoms with van der Waals surface area (Å²) < 4.78 is 73.3. The molecule has 2 aromatic carbocycles. The molecule has 1 N–H and O–H groups in total. The zero-order valence-corrected chi connectivity index (χ0v) is 21.8. The van der Waals surface area contributed by atoms with Crippen LogP contribution in [0.15, 0.2) is 58.3 Å². The van der Waals surface area contributed by atoms with Crippen LogP contribution in [0.3, 0.4) is 0 Å². The molecule has 190 valence electrons. The van der Waals surface area contributed by atoms with Gasteiger partial charge in [-0.25, -0.2) is 21.2 Å². The number of aliphatic hydroxyl groups is 1. The Morgan fingerprint density at radius 1 is 1.00 bits per heavy atom. The van der Waals surface area contributed by atoms with Gasteiger partial charge in [0.2, 0.25) is 20.0 Å². The Morgan fingerprint density at radius 2 is 1.62 bits per heavy atom. The van der Waals surface area contributed by atoms with Gasteiger partial charge >= 0.3 is 0 Å². The van der Waals surface area contributed by atoms with E-state index in [1.54, 1.807) is 19.9 Å². The van der Waals surface area contributed by atoms with Gasteiger partial charge in [0.1, 0.15) is 5.82 Å². The van der Waals surface area contributed by atoms with Crippen LogP contribution in [0.2, 0.25) is 5.02 Å². The summed E-state index contributed by atoms with van der Waals surface area (Å²) in [6.07, 6.45) is -0.678. The fourth-order valence-corrected chi connectivity index (χ4v) is 6.60. The number of methoxy groups -OCH3 is 1. The van der Waals surface area contributed by atoms with Gasteiger partial charge in [0.15, 0.2) is 0 Å². The number of benzene rings is 2. The molecule has 0 fully saturated rings. The lowest BCUT2D eigenvalue weighted by atomic mass is 10.0. The summed E-state index contributed by atoms with van der Waals surface area (Å²) >= 11 is 5.97. The van der Waals surface area contributed by atoms with Crippen molar-refractivity contribution in [3.63, 3.8) is 0 Å². The maximum atomic E-state index is 13.3. The van der Waals surface area contributed by atoms with Gasteiger partial charge in [0.05, 0.1) is 22.5 Å². The molecule has 2 rings (SSSR count). The number of hydrogen-bond donors (Lipinski definition) is 1. The summed E-state index contributed by atoms with van der Waals surface area (Å²) in [4.78, 5) is -0.0876. The largest absolute Gasteiger partial charge is 0.395 e. The zero-order chi connectivity index (χ0) is 25.7. The Balaban J connectivity index is 2.26. The van der Waals surface area contributed by atoms with E-state index in [4.69, 9.17) is 16.3 Å². The highest BCUT2D eigenvalue weighted by atomic mass is 35.5. The topological polar surface area (TPSA) is 104 Å². The van der Waals surface area contributed by atoms with E-state index in [0.29, 0.717) is 0 Å². The van der Waals surface area contributed by atoms with Crippen molar-refractivity contribution in [3.8, 4) is 0 Å². The molecule has 0 bridgehead atoms. The van der Waals surface area contributed by atoms with Crippen LogP contribution in [0, 0.1) is 11.7 Å². The average Bonchev–Trinajstić information content (AvgIpc) is 2.80. The van der Waals surface area contributed by atoms with Crippen LogP contribution in [0.25, 0.3) is 0 Å². The maximum absolute atomic E-state index is 13.3. The first kappa shape index (κ1) is 28.6. The standard InChI is InChI=1S/C22H30ClFN2O6S2/c1-16(13-26(17(2)15-27)34(30,31)21-7-5-6-18(23)12-21)22(32-4)14-25(3)33(28,29)20-10-8-19(24)9-11-20/h5-12,16-17,22,27H,13-15H2,1-4H3/t16-,17+,22-/m1/s1. The number of aliphatic hydroxyl groups excluding tert-OH is 1. The molecule has 0 radical (unpaired) electrons. The predicted octanol–water partition coefficient (Wildman–Crippen LogP) is 2.82. The van der Waals surface area contributed by atoms with Crippen molar-refractivity contribution in [2.75, 3.05) is 33.9 Å². The number of ether oxygens (including phenoxy) is 1. The first-order valence-corrected chi connectivity index (χ1v) is 13.7. The Labute approximate surface area is 206 Å². The van der Waals surface area contributed by atoms with E-state index >= 15 is 0 Å². The van der Waals surface area contributed by atoms with E-state index in [9.17, 15) is 26.3 Å². The number of likely N-dealkylation sites (N-methyl/N-ethyl adjacent to an activating group) is 1. The fraction of sp³-hybridized carbons (Fsp3) is 0.455.